The standard InChI is InChI=1S/C17H16ClF2N3O3/c1-17(2,3)26-16(24)22(4)11-6-10(19)13(20)12-9-5-8(18)7-23(25)15(9)21-14(11)12/h5-7,21H,1-4H3. The van der Waals surface area contributed by atoms with E-state index in [0.717, 1.165) is 17.2 Å². The second-order valence-electron chi connectivity index (χ2n) is 6.85. The highest BCUT2D eigenvalue weighted by atomic mass is 35.5. The topological polar surface area (TPSA) is 72.3 Å². The number of benzene rings is 1. The van der Waals surface area contributed by atoms with Gasteiger partial charge in [-0.25, -0.2) is 23.3 Å². The third-order valence-corrected chi connectivity index (χ3v) is 3.95. The summed E-state index contributed by atoms with van der Waals surface area (Å²) < 4.78 is 34.3. The molecule has 0 aliphatic carbocycles. The van der Waals surface area contributed by atoms with Gasteiger partial charge in [0, 0.05) is 13.1 Å². The van der Waals surface area contributed by atoms with Crippen LogP contribution in [-0.4, -0.2) is 23.7 Å². The van der Waals surface area contributed by atoms with Crippen molar-refractivity contribution in [3.05, 3.63) is 40.2 Å². The molecule has 3 aromatic rings. The van der Waals surface area contributed by atoms with E-state index >= 15 is 0 Å². The lowest BCUT2D eigenvalue weighted by Crippen LogP contribution is -2.34. The number of rotatable bonds is 1. The van der Waals surface area contributed by atoms with Crippen LogP contribution in [0.4, 0.5) is 19.3 Å². The molecule has 0 bridgehead atoms. The zero-order chi connectivity index (χ0) is 19.4. The van der Waals surface area contributed by atoms with Crippen molar-refractivity contribution in [2.75, 3.05) is 11.9 Å². The minimum Gasteiger partial charge on any atom is -0.711 e. The number of pyridine rings is 1. The largest absolute Gasteiger partial charge is 0.711 e. The van der Waals surface area contributed by atoms with Crippen molar-refractivity contribution in [2.24, 2.45) is 0 Å². The summed E-state index contributed by atoms with van der Waals surface area (Å²) in [5.74, 6) is -2.31. The van der Waals surface area contributed by atoms with Gasteiger partial charge in [-0.3, -0.25) is 4.90 Å². The molecular weight excluding hydrogens is 368 g/mol. The highest BCUT2D eigenvalue weighted by molar-refractivity contribution is 6.31. The molecule has 0 unspecified atom stereocenters. The third-order valence-electron chi connectivity index (χ3n) is 3.74. The number of amides is 1. The lowest BCUT2D eigenvalue weighted by Gasteiger charge is -2.24. The van der Waals surface area contributed by atoms with Crippen molar-refractivity contribution >= 4 is 45.3 Å². The lowest BCUT2D eigenvalue weighted by atomic mass is 10.1. The number of carbonyl (C=O) groups excluding carboxylic acids is 1. The van der Waals surface area contributed by atoms with Crippen LogP contribution < -0.4 is 9.63 Å². The number of carbonyl (C=O) groups is 1. The van der Waals surface area contributed by atoms with Crippen LogP contribution in [0.1, 0.15) is 20.8 Å². The number of H-pyrrole nitrogens is 1. The van der Waals surface area contributed by atoms with Crippen molar-refractivity contribution < 1.29 is 23.0 Å². The number of hydrogen-bond acceptors (Lipinski definition) is 3. The van der Waals surface area contributed by atoms with E-state index in [1.54, 1.807) is 20.8 Å². The number of aromatic amines is 1. The van der Waals surface area contributed by atoms with Gasteiger partial charge >= 0.3 is 6.09 Å². The number of aromatic nitrogens is 2. The quantitative estimate of drug-likeness (QED) is 0.504. The number of hydrogen-bond donors (Lipinski definition) is 1. The highest BCUT2D eigenvalue weighted by Crippen LogP contribution is 2.35. The Labute approximate surface area is 152 Å². The number of ether oxygens (including phenoxy) is 1. The highest BCUT2D eigenvalue weighted by Gasteiger charge is 2.28. The predicted molar refractivity (Wildman–Crippen MR) is 94.3 cm³/mol. The van der Waals surface area contributed by atoms with Crippen LogP contribution in [-0.2, 0) is 4.74 Å². The second kappa shape index (κ2) is 5.98. The van der Waals surface area contributed by atoms with Gasteiger partial charge in [-0.15, -0.1) is 0 Å². The van der Waals surface area contributed by atoms with Gasteiger partial charge in [0.25, 0.3) is 5.65 Å². The lowest BCUT2D eigenvalue weighted by molar-refractivity contribution is -0.578. The Hall–Kier alpha value is -2.61. The molecule has 9 heteroatoms. The second-order valence-corrected chi connectivity index (χ2v) is 7.29. The Bertz CT molecular complexity index is 1040. The molecule has 0 fully saturated rings. The van der Waals surface area contributed by atoms with Crippen LogP contribution in [0.2, 0.25) is 5.02 Å². The van der Waals surface area contributed by atoms with E-state index in [2.05, 4.69) is 4.98 Å². The molecule has 2 heterocycles. The SMILES string of the molecule is CN(C(=O)OC(C)(C)C)c1cc(F)c(F)c2c1[nH]c1c2cc(Cl)c[n+]1[O-]. The Morgan fingerprint density at radius 1 is 1.35 bits per heavy atom. The van der Waals surface area contributed by atoms with E-state index < -0.39 is 23.3 Å². The van der Waals surface area contributed by atoms with E-state index in [4.69, 9.17) is 16.3 Å². The van der Waals surface area contributed by atoms with Gasteiger partial charge in [0.15, 0.2) is 17.2 Å². The first-order chi connectivity index (χ1) is 12.0. The Balaban J connectivity index is 2.29. The maximum atomic E-state index is 14.5. The molecule has 0 saturated heterocycles. The van der Waals surface area contributed by atoms with E-state index in [1.807, 2.05) is 0 Å². The first kappa shape index (κ1) is 18.2. The number of nitrogens with one attached hydrogen (secondary N) is 1. The fourth-order valence-corrected chi connectivity index (χ4v) is 2.85. The molecule has 3 rings (SSSR count). The summed E-state index contributed by atoms with van der Waals surface area (Å²) in [6.07, 6.45) is 0.335. The third kappa shape index (κ3) is 3.01. The van der Waals surface area contributed by atoms with Crippen LogP contribution in [0, 0.1) is 16.8 Å². The Kier molecular flexibility index (Phi) is 4.18. The summed E-state index contributed by atoms with van der Waals surface area (Å²) >= 11 is 5.86. The van der Waals surface area contributed by atoms with E-state index in [9.17, 15) is 18.8 Å². The first-order valence-corrected chi connectivity index (χ1v) is 8.06. The van der Waals surface area contributed by atoms with E-state index in [1.165, 1.54) is 13.1 Å². The fourth-order valence-electron chi connectivity index (χ4n) is 2.66. The van der Waals surface area contributed by atoms with Gasteiger partial charge in [0.2, 0.25) is 0 Å². The molecule has 6 nitrogen and oxygen atoms in total. The molecule has 1 aromatic carbocycles. The molecule has 0 radical (unpaired) electrons. The van der Waals surface area contributed by atoms with Gasteiger partial charge in [0.05, 0.1) is 21.5 Å². The Morgan fingerprint density at radius 3 is 2.62 bits per heavy atom. The fraction of sp³-hybridized carbons (Fsp3) is 0.294. The van der Waals surface area contributed by atoms with Crippen molar-refractivity contribution in [3.8, 4) is 0 Å². The average molecular weight is 384 g/mol. The van der Waals surface area contributed by atoms with Gasteiger partial charge in [-0.1, -0.05) is 11.6 Å². The summed E-state index contributed by atoms with van der Waals surface area (Å²) in [6, 6.07) is 2.22. The van der Waals surface area contributed by atoms with E-state index in [-0.39, 0.29) is 32.6 Å². The summed E-state index contributed by atoms with van der Waals surface area (Å²) in [5.41, 5.74) is -0.665. The summed E-state index contributed by atoms with van der Waals surface area (Å²) in [7, 11) is 1.37. The maximum Gasteiger partial charge on any atom is 0.414 e. The number of anilines is 1. The number of fused-ring (bicyclic) bond motifs is 3. The van der Waals surface area contributed by atoms with Crippen molar-refractivity contribution in [2.45, 2.75) is 26.4 Å². The van der Waals surface area contributed by atoms with Gasteiger partial charge < -0.3 is 9.94 Å². The summed E-state index contributed by atoms with van der Waals surface area (Å²) in [5, 5.41) is 12.1. The zero-order valence-corrected chi connectivity index (χ0v) is 15.2. The van der Waals surface area contributed by atoms with Crippen molar-refractivity contribution in [1.82, 2.24) is 4.98 Å². The zero-order valence-electron chi connectivity index (χ0n) is 14.5. The monoisotopic (exact) mass is 383 g/mol. The number of nitrogens with zero attached hydrogens (tertiary/aromatic N) is 2. The van der Waals surface area contributed by atoms with Gasteiger partial charge in [-0.2, -0.15) is 0 Å². The average Bonchev–Trinajstić information content (AvgIpc) is 2.88. The minimum atomic E-state index is -1.17. The van der Waals surface area contributed by atoms with Crippen LogP contribution in [0.5, 0.6) is 0 Å². The van der Waals surface area contributed by atoms with Crippen LogP contribution in [0.3, 0.4) is 0 Å². The van der Waals surface area contributed by atoms with E-state index in [0.29, 0.717) is 4.73 Å². The van der Waals surface area contributed by atoms with Crippen LogP contribution in [0.25, 0.3) is 21.9 Å². The molecular formula is C17H16ClF2N3O3. The van der Waals surface area contributed by atoms with Crippen LogP contribution in [0.15, 0.2) is 18.3 Å². The molecule has 2 aromatic heterocycles. The maximum absolute atomic E-state index is 14.5. The Morgan fingerprint density at radius 2 is 2.00 bits per heavy atom. The molecule has 0 aliphatic heterocycles. The molecule has 0 spiro atoms. The predicted octanol–water partition coefficient (Wildman–Crippen LogP) is 4.26. The normalized spacial score (nSPS) is 12.0. The van der Waals surface area contributed by atoms with Gasteiger partial charge in [0.1, 0.15) is 11.8 Å². The molecule has 26 heavy (non-hydrogen) atoms. The molecule has 1 N–H and O–H groups in total. The van der Waals surface area contributed by atoms with Crippen molar-refractivity contribution in [1.29, 1.82) is 0 Å². The smallest absolute Gasteiger partial charge is 0.414 e. The molecule has 1 amide bonds. The molecule has 0 aliphatic rings. The van der Waals surface area contributed by atoms with Gasteiger partial charge in [-0.05, 0) is 26.8 Å². The first-order valence-electron chi connectivity index (χ1n) is 7.68. The molecule has 0 atom stereocenters. The molecule has 0 saturated carbocycles. The van der Waals surface area contributed by atoms with Crippen LogP contribution >= 0.6 is 11.6 Å². The number of halogens is 3. The van der Waals surface area contributed by atoms with Crippen molar-refractivity contribution in [3.63, 3.8) is 0 Å². The summed E-state index contributed by atoms with van der Waals surface area (Å²) in [6.45, 7) is 5.06. The molecule has 138 valence electrons. The minimum absolute atomic E-state index is 0.00672. The summed E-state index contributed by atoms with van der Waals surface area (Å²) in [4.78, 5) is 16.1.